The molecule has 0 spiro atoms. The van der Waals surface area contributed by atoms with E-state index >= 15 is 0 Å². The number of aromatic nitrogens is 1. The highest BCUT2D eigenvalue weighted by Crippen LogP contribution is 2.18. The van der Waals surface area contributed by atoms with Crippen LogP contribution < -0.4 is 15.8 Å². The molecule has 26 heavy (non-hydrogen) atoms. The van der Waals surface area contributed by atoms with Crippen molar-refractivity contribution in [3.8, 4) is 16.9 Å². The van der Waals surface area contributed by atoms with Crippen LogP contribution in [-0.2, 0) is 6.54 Å². The van der Waals surface area contributed by atoms with E-state index in [2.05, 4.69) is 28.5 Å². The number of nitrogens with one attached hydrogen (secondary N) is 1. The SMILES string of the molecule is NC(=O)c1ccc(OCCNCc2cncc(-c3ccccc3)c2)cc1. The maximum absolute atomic E-state index is 11.0. The van der Waals surface area contributed by atoms with Crippen molar-refractivity contribution in [1.82, 2.24) is 10.3 Å². The van der Waals surface area contributed by atoms with E-state index in [1.165, 1.54) is 0 Å². The van der Waals surface area contributed by atoms with Gasteiger partial charge in [-0.05, 0) is 41.5 Å². The van der Waals surface area contributed by atoms with E-state index in [9.17, 15) is 4.79 Å². The van der Waals surface area contributed by atoms with Gasteiger partial charge in [-0.2, -0.15) is 0 Å². The Labute approximate surface area is 152 Å². The highest BCUT2D eigenvalue weighted by atomic mass is 16.5. The number of pyridine rings is 1. The van der Waals surface area contributed by atoms with Crippen LogP contribution in [0.4, 0.5) is 0 Å². The average molecular weight is 347 g/mol. The molecule has 132 valence electrons. The standard InChI is InChI=1S/C21H21N3O2/c22-21(25)18-6-8-20(9-7-18)26-11-10-23-13-16-12-19(15-24-14-16)17-4-2-1-3-5-17/h1-9,12,14-15,23H,10-11,13H2,(H2,22,25). The zero-order valence-electron chi connectivity index (χ0n) is 14.4. The quantitative estimate of drug-likeness (QED) is 0.614. The Morgan fingerprint density at radius 1 is 1.00 bits per heavy atom. The molecule has 0 aliphatic rings. The monoisotopic (exact) mass is 347 g/mol. The Morgan fingerprint density at radius 3 is 2.50 bits per heavy atom. The molecule has 3 N–H and O–H groups in total. The van der Waals surface area contributed by atoms with Crippen LogP contribution in [-0.4, -0.2) is 24.0 Å². The van der Waals surface area contributed by atoms with Crippen molar-refractivity contribution in [3.63, 3.8) is 0 Å². The summed E-state index contributed by atoms with van der Waals surface area (Å²) < 4.78 is 5.64. The topological polar surface area (TPSA) is 77.2 Å². The van der Waals surface area contributed by atoms with Gasteiger partial charge in [0, 0.05) is 36.6 Å². The molecule has 0 bridgehead atoms. The van der Waals surface area contributed by atoms with Gasteiger partial charge in [-0.25, -0.2) is 0 Å². The predicted molar refractivity (Wildman–Crippen MR) is 102 cm³/mol. The number of ether oxygens (including phenoxy) is 1. The van der Waals surface area contributed by atoms with Crippen molar-refractivity contribution < 1.29 is 9.53 Å². The first-order valence-corrected chi connectivity index (χ1v) is 8.45. The number of benzene rings is 2. The number of nitrogens with two attached hydrogens (primary N) is 1. The Kier molecular flexibility index (Phi) is 5.96. The largest absolute Gasteiger partial charge is 0.492 e. The molecule has 0 radical (unpaired) electrons. The predicted octanol–water partition coefficient (Wildman–Crippen LogP) is 3.02. The molecule has 3 aromatic rings. The zero-order chi connectivity index (χ0) is 18.2. The first-order chi connectivity index (χ1) is 12.7. The first kappa shape index (κ1) is 17.6. The lowest BCUT2D eigenvalue weighted by Crippen LogP contribution is -2.20. The first-order valence-electron chi connectivity index (χ1n) is 8.45. The molecule has 0 fully saturated rings. The minimum Gasteiger partial charge on any atom is -0.492 e. The summed E-state index contributed by atoms with van der Waals surface area (Å²) in [6, 6.07) is 19.1. The molecular weight excluding hydrogens is 326 g/mol. The number of carbonyl (C=O) groups is 1. The van der Waals surface area contributed by atoms with Crippen molar-refractivity contribution in [1.29, 1.82) is 0 Å². The molecule has 3 rings (SSSR count). The molecule has 0 aliphatic heterocycles. The Bertz CT molecular complexity index is 849. The minimum atomic E-state index is -0.440. The summed E-state index contributed by atoms with van der Waals surface area (Å²) in [7, 11) is 0. The van der Waals surface area contributed by atoms with E-state index in [1.54, 1.807) is 24.3 Å². The third-order valence-corrected chi connectivity index (χ3v) is 3.92. The second kappa shape index (κ2) is 8.78. The fraction of sp³-hybridized carbons (Fsp3) is 0.143. The molecule has 0 aliphatic carbocycles. The van der Waals surface area contributed by atoms with Gasteiger partial charge in [0.1, 0.15) is 12.4 Å². The number of amides is 1. The van der Waals surface area contributed by atoms with Gasteiger partial charge in [0.25, 0.3) is 0 Å². The molecule has 5 heteroatoms. The molecule has 0 saturated carbocycles. The third-order valence-electron chi connectivity index (χ3n) is 3.92. The van der Waals surface area contributed by atoms with Gasteiger partial charge in [0.05, 0.1) is 0 Å². The number of rotatable bonds is 8. The molecule has 1 heterocycles. The van der Waals surface area contributed by atoms with Gasteiger partial charge < -0.3 is 15.8 Å². The fourth-order valence-electron chi connectivity index (χ4n) is 2.56. The summed E-state index contributed by atoms with van der Waals surface area (Å²) in [4.78, 5) is 15.3. The smallest absolute Gasteiger partial charge is 0.248 e. The second-order valence-electron chi connectivity index (χ2n) is 5.86. The summed E-state index contributed by atoms with van der Waals surface area (Å²) in [5, 5.41) is 3.34. The van der Waals surface area contributed by atoms with Crippen LogP contribution in [0.15, 0.2) is 73.1 Å². The summed E-state index contributed by atoms with van der Waals surface area (Å²) in [6.07, 6.45) is 3.74. The van der Waals surface area contributed by atoms with Crippen molar-refractivity contribution in [2.45, 2.75) is 6.54 Å². The van der Waals surface area contributed by atoms with Crippen molar-refractivity contribution >= 4 is 5.91 Å². The maximum Gasteiger partial charge on any atom is 0.248 e. The molecule has 0 saturated heterocycles. The number of hydrogen-bond acceptors (Lipinski definition) is 4. The summed E-state index contributed by atoms with van der Waals surface area (Å²) >= 11 is 0. The van der Waals surface area contributed by atoms with E-state index in [0.717, 1.165) is 23.2 Å². The average Bonchev–Trinajstić information content (AvgIpc) is 2.69. The fourth-order valence-corrected chi connectivity index (χ4v) is 2.56. The molecular formula is C21H21N3O2. The Balaban J connectivity index is 1.44. The lowest BCUT2D eigenvalue weighted by Gasteiger charge is -2.09. The molecule has 2 aromatic carbocycles. The molecule has 5 nitrogen and oxygen atoms in total. The number of carbonyl (C=O) groups excluding carboxylic acids is 1. The van der Waals surface area contributed by atoms with Gasteiger partial charge in [0.15, 0.2) is 0 Å². The van der Waals surface area contributed by atoms with E-state index in [4.69, 9.17) is 10.5 Å². The van der Waals surface area contributed by atoms with Crippen molar-refractivity contribution in [2.75, 3.05) is 13.2 Å². The highest BCUT2D eigenvalue weighted by molar-refractivity contribution is 5.92. The van der Waals surface area contributed by atoms with E-state index in [1.807, 2.05) is 30.6 Å². The highest BCUT2D eigenvalue weighted by Gasteiger charge is 2.01. The normalized spacial score (nSPS) is 10.5. The number of primary amides is 1. The molecule has 1 aromatic heterocycles. The maximum atomic E-state index is 11.0. The molecule has 0 atom stereocenters. The molecule has 0 unspecified atom stereocenters. The van der Waals surface area contributed by atoms with Gasteiger partial charge in [0.2, 0.25) is 5.91 Å². The van der Waals surface area contributed by atoms with Crippen LogP contribution in [0.2, 0.25) is 0 Å². The third kappa shape index (κ3) is 4.91. The minimum absolute atomic E-state index is 0.440. The number of hydrogen-bond donors (Lipinski definition) is 2. The van der Waals surface area contributed by atoms with Crippen LogP contribution in [0.3, 0.4) is 0 Å². The summed E-state index contributed by atoms with van der Waals surface area (Å²) in [5.74, 6) is 0.272. The summed E-state index contributed by atoms with van der Waals surface area (Å²) in [5.41, 5.74) is 9.07. The van der Waals surface area contributed by atoms with Crippen LogP contribution in [0.5, 0.6) is 5.75 Å². The van der Waals surface area contributed by atoms with Crippen LogP contribution in [0, 0.1) is 0 Å². The van der Waals surface area contributed by atoms with E-state index in [-0.39, 0.29) is 0 Å². The zero-order valence-corrected chi connectivity index (χ0v) is 14.4. The van der Waals surface area contributed by atoms with Crippen molar-refractivity contribution in [3.05, 3.63) is 84.2 Å². The van der Waals surface area contributed by atoms with Gasteiger partial charge >= 0.3 is 0 Å². The van der Waals surface area contributed by atoms with Gasteiger partial charge in [-0.1, -0.05) is 30.3 Å². The Morgan fingerprint density at radius 2 is 1.77 bits per heavy atom. The second-order valence-corrected chi connectivity index (χ2v) is 5.86. The van der Waals surface area contributed by atoms with Crippen LogP contribution in [0.1, 0.15) is 15.9 Å². The van der Waals surface area contributed by atoms with Gasteiger partial charge in [-0.15, -0.1) is 0 Å². The van der Waals surface area contributed by atoms with E-state index < -0.39 is 5.91 Å². The van der Waals surface area contributed by atoms with E-state index in [0.29, 0.717) is 24.5 Å². The van der Waals surface area contributed by atoms with Crippen molar-refractivity contribution in [2.24, 2.45) is 5.73 Å². The molecule has 1 amide bonds. The lowest BCUT2D eigenvalue weighted by molar-refractivity contribution is 0.100. The Hall–Kier alpha value is -3.18. The lowest BCUT2D eigenvalue weighted by atomic mass is 10.1. The van der Waals surface area contributed by atoms with Crippen LogP contribution in [0.25, 0.3) is 11.1 Å². The summed E-state index contributed by atoms with van der Waals surface area (Å²) in [6.45, 7) is 1.95. The van der Waals surface area contributed by atoms with Gasteiger partial charge in [-0.3, -0.25) is 9.78 Å². The number of nitrogens with zero attached hydrogens (tertiary/aromatic N) is 1. The van der Waals surface area contributed by atoms with Crippen LogP contribution >= 0.6 is 0 Å².